The summed E-state index contributed by atoms with van der Waals surface area (Å²) in [5.41, 5.74) is 1.78. The number of rotatable bonds is 4. The van der Waals surface area contributed by atoms with Crippen LogP contribution >= 0.6 is 0 Å². The van der Waals surface area contributed by atoms with Crippen molar-refractivity contribution in [1.82, 2.24) is 9.97 Å². The molecule has 0 bridgehead atoms. The van der Waals surface area contributed by atoms with Crippen LogP contribution in [0.5, 0.6) is 5.75 Å². The molecule has 1 unspecified atom stereocenters. The van der Waals surface area contributed by atoms with Crippen LogP contribution in [0, 0.1) is 0 Å². The number of aryl methyl sites for hydroxylation is 1. The predicted molar refractivity (Wildman–Crippen MR) is 117 cm³/mol. The lowest BCUT2D eigenvalue weighted by molar-refractivity contribution is 0.0903. The van der Waals surface area contributed by atoms with Crippen LogP contribution in [0.25, 0.3) is 0 Å². The van der Waals surface area contributed by atoms with Gasteiger partial charge in [-0.25, -0.2) is 4.98 Å². The lowest BCUT2D eigenvalue weighted by Gasteiger charge is -2.36. The Labute approximate surface area is 178 Å². The molecule has 2 aromatic rings. The highest BCUT2D eigenvalue weighted by atomic mass is 32.2. The summed E-state index contributed by atoms with van der Waals surface area (Å²) in [5, 5.41) is 13.7. The molecular formula is C21H27N5O3S. The van der Waals surface area contributed by atoms with Crippen molar-refractivity contribution in [2.45, 2.75) is 30.2 Å². The number of para-hydroxylation sites is 2. The van der Waals surface area contributed by atoms with E-state index in [0.29, 0.717) is 23.5 Å². The summed E-state index contributed by atoms with van der Waals surface area (Å²) in [7, 11) is -1.03. The van der Waals surface area contributed by atoms with Crippen LogP contribution in [-0.4, -0.2) is 70.5 Å². The molecule has 8 nitrogen and oxygen atoms in total. The molecule has 9 heteroatoms. The van der Waals surface area contributed by atoms with Gasteiger partial charge in [-0.05, 0) is 25.0 Å². The molecule has 1 atom stereocenters. The standard InChI is InChI=1S/C21H27N5O3S/c27-18-4-2-1-3-17(18)25-8-10-26(11-9-25)21-23-16-7-14-30(28)19(16)20(24-21)22-15-5-12-29-13-6-15/h1-4,15,27H,5-14H2,(H,22,23,24). The van der Waals surface area contributed by atoms with Crippen LogP contribution in [0.2, 0.25) is 0 Å². The summed E-state index contributed by atoms with van der Waals surface area (Å²) in [4.78, 5) is 14.8. The number of hydrogen-bond acceptors (Lipinski definition) is 8. The molecule has 30 heavy (non-hydrogen) atoms. The molecule has 0 amide bonds. The Morgan fingerprint density at radius 3 is 2.57 bits per heavy atom. The lowest BCUT2D eigenvalue weighted by atomic mass is 10.1. The molecule has 0 aliphatic carbocycles. The van der Waals surface area contributed by atoms with E-state index in [1.807, 2.05) is 18.2 Å². The monoisotopic (exact) mass is 429 g/mol. The summed E-state index contributed by atoms with van der Waals surface area (Å²) < 4.78 is 18.0. The fraction of sp³-hybridized carbons (Fsp3) is 0.524. The van der Waals surface area contributed by atoms with Crippen molar-refractivity contribution in [2.75, 3.05) is 60.3 Å². The second kappa shape index (κ2) is 8.39. The van der Waals surface area contributed by atoms with E-state index >= 15 is 0 Å². The van der Waals surface area contributed by atoms with E-state index in [0.717, 1.165) is 80.7 Å². The Balaban J connectivity index is 1.35. The van der Waals surface area contributed by atoms with E-state index in [1.165, 1.54) is 0 Å². The molecule has 0 radical (unpaired) electrons. The van der Waals surface area contributed by atoms with Crippen molar-refractivity contribution >= 4 is 28.3 Å². The highest BCUT2D eigenvalue weighted by molar-refractivity contribution is 7.85. The Kier molecular flexibility index (Phi) is 5.47. The summed E-state index contributed by atoms with van der Waals surface area (Å²) in [6.45, 7) is 4.60. The van der Waals surface area contributed by atoms with Gasteiger partial charge in [0, 0.05) is 57.6 Å². The number of fused-ring (bicyclic) bond motifs is 1. The van der Waals surface area contributed by atoms with Crippen LogP contribution in [0.1, 0.15) is 18.5 Å². The third-order valence-corrected chi connectivity index (χ3v) is 7.48. The normalized spacial score (nSPS) is 22.2. The molecular weight excluding hydrogens is 402 g/mol. The van der Waals surface area contributed by atoms with Crippen molar-refractivity contribution < 1.29 is 14.1 Å². The maximum atomic E-state index is 12.6. The molecule has 3 aliphatic rings. The first-order valence-corrected chi connectivity index (χ1v) is 11.9. The summed E-state index contributed by atoms with van der Waals surface area (Å²) in [5.74, 6) is 2.38. The zero-order valence-electron chi connectivity index (χ0n) is 16.9. The van der Waals surface area contributed by atoms with Crippen LogP contribution < -0.4 is 15.1 Å². The number of anilines is 3. The fourth-order valence-electron chi connectivity index (χ4n) is 4.34. The van der Waals surface area contributed by atoms with Gasteiger partial charge in [-0.1, -0.05) is 12.1 Å². The number of hydrogen-bond donors (Lipinski definition) is 2. The Bertz CT molecular complexity index is 942. The first-order valence-electron chi connectivity index (χ1n) is 10.6. The molecule has 2 saturated heterocycles. The molecule has 2 N–H and O–H groups in total. The molecule has 0 saturated carbocycles. The van der Waals surface area contributed by atoms with E-state index in [-0.39, 0.29) is 0 Å². The molecule has 3 aliphatic heterocycles. The third kappa shape index (κ3) is 3.83. The number of phenolic OH excluding ortho intramolecular Hbond substituents is 1. The predicted octanol–water partition coefficient (Wildman–Crippen LogP) is 1.76. The summed E-state index contributed by atoms with van der Waals surface area (Å²) in [6.07, 6.45) is 2.59. The number of aromatic nitrogens is 2. The van der Waals surface area contributed by atoms with Gasteiger partial charge in [0.05, 0.1) is 22.2 Å². The zero-order chi connectivity index (χ0) is 20.5. The number of benzene rings is 1. The Hall–Kier alpha value is -2.39. The second-order valence-corrected chi connectivity index (χ2v) is 9.45. The highest BCUT2D eigenvalue weighted by Gasteiger charge is 2.29. The molecule has 5 rings (SSSR count). The largest absolute Gasteiger partial charge is 0.506 e. The van der Waals surface area contributed by atoms with Gasteiger partial charge in [-0.15, -0.1) is 0 Å². The molecule has 160 valence electrons. The van der Waals surface area contributed by atoms with Crippen molar-refractivity contribution in [1.29, 1.82) is 0 Å². The minimum absolute atomic E-state index is 0.293. The van der Waals surface area contributed by atoms with Gasteiger partial charge in [0.1, 0.15) is 16.5 Å². The minimum Gasteiger partial charge on any atom is -0.506 e. The van der Waals surface area contributed by atoms with Gasteiger partial charge in [0.2, 0.25) is 5.95 Å². The van der Waals surface area contributed by atoms with Crippen molar-refractivity contribution in [2.24, 2.45) is 0 Å². The van der Waals surface area contributed by atoms with Crippen molar-refractivity contribution in [3.63, 3.8) is 0 Å². The van der Waals surface area contributed by atoms with E-state index in [4.69, 9.17) is 14.7 Å². The average molecular weight is 430 g/mol. The molecule has 0 spiro atoms. The molecule has 4 heterocycles. The van der Waals surface area contributed by atoms with Crippen LogP contribution in [0.15, 0.2) is 29.2 Å². The van der Waals surface area contributed by atoms with Gasteiger partial charge in [-0.2, -0.15) is 4.98 Å². The van der Waals surface area contributed by atoms with Gasteiger partial charge in [-0.3, -0.25) is 4.21 Å². The van der Waals surface area contributed by atoms with Crippen LogP contribution in [0.4, 0.5) is 17.5 Å². The number of piperazine rings is 1. The van der Waals surface area contributed by atoms with Crippen LogP contribution in [-0.2, 0) is 22.0 Å². The summed E-state index contributed by atoms with van der Waals surface area (Å²) in [6, 6.07) is 7.74. The fourth-order valence-corrected chi connectivity index (χ4v) is 5.65. The van der Waals surface area contributed by atoms with Crippen molar-refractivity contribution in [3.8, 4) is 5.75 Å². The number of nitrogens with zero attached hydrogens (tertiary/aromatic N) is 4. The minimum atomic E-state index is -1.03. The average Bonchev–Trinajstić information content (AvgIpc) is 3.16. The first-order chi connectivity index (χ1) is 14.7. The SMILES string of the molecule is O=S1CCc2nc(N3CCN(c4ccccc4O)CC3)nc(NC3CCOCC3)c21. The van der Waals surface area contributed by atoms with E-state index in [1.54, 1.807) is 6.07 Å². The quantitative estimate of drug-likeness (QED) is 0.760. The maximum Gasteiger partial charge on any atom is 0.227 e. The Morgan fingerprint density at radius 1 is 1.07 bits per heavy atom. The summed E-state index contributed by atoms with van der Waals surface area (Å²) >= 11 is 0. The molecule has 2 fully saturated rings. The zero-order valence-corrected chi connectivity index (χ0v) is 17.7. The van der Waals surface area contributed by atoms with E-state index < -0.39 is 10.8 Å². The maximum absolute atomic E-state index is 12.6. The number of aromatic hydroxyl groups is 1. The van der Waals surface area contributed by atoms with Gasteiger partial charge in [0.15, 0.2) is 0 Å². The van der Waals surface area contributed by atoms with Gasteiger partial charge in [0.25, 0.3) is 0 Å². The smallest absolute Gasteiger partial charge is 0.227 e. The van der Waals surface area contributed by atoms with Gasteiger partial charge >= 0.3 is 0 Å². The number of phenols is 1. The number of nitrogens with one attached hydrogen (secondary N) is 1. The van der Waals surface area contributed by atoms with E-state index in [9.17, 15) is 9.32 Å². The van der Waals surface area contributed by atoms with Gasteiger partial charge < -0.3 is 25.0 Å². The topological polar surface area (TPSA) is 90.8 Å². The first kappa shape index (κ1) is 19.6. The Morgan fingerprint density at radius 2 is 1.80 bits per heavy atom. The third-order valence-electron chi connectivity index (χ3n) is 6.02. The number of ether oxygens (including phenoxy) is 1. The second-order valence-electron chi connectivity index (χ2n) is 7.94. The lowest BCUT2D eigenvalue weighted by Crippen LogP contribution is -2.47. The molecule has 1 aromatic carbocycles. The van der Waals surface area contributed by atoms with Crippen molar-refractivity contribution in [3.05, 3.63) is 30.0 Å². The van der Waals surface area contributed by atoms with E-state index in [2.05, 4.69) is 15.1 Å². The van der Waals surface area contributed by atoms with Crippen LogP contribution in [0.3, 0.4) is 0 Å². The highest BCUT2D eigenvalue weighted by Crippen LogP contribution is 2.32. The molecule has 1 aromatic heterocycles.